The van der Waals surface area contributed by atoms with E-state index in [9.17, 15) is 5.11 Å². The van der Waals surface area contributed by atoms with Crippen LogP contribution in [0.1, 0.15) is 32.7 Å². The van der Waals surface area contributed by atoms with Gasteiger partial charge in [-0.2, -0.15) is 0 Å². The zero-order chi connectivity index (χ0) is 20.0. The predicted molar refractivity (Wildman–Crippen MR) is 109 cm³/mol. The number of fused-ring (bicyclic) bond motifs is 2. The lowest BCUT2D eigenvalue weighted by molar-refractivity contribution is 0.174. The second-order valence-corrected chi connectivity index (χ2v) is 7.64. The van der Waals surface area contributed by atoms with Gasteiger partial charge in [-0.25, -0.2) is 15.0 Å². The van der Waals surface area contributed by atoms with E-state index in [1.165, 1.54) is 0 Å². The van der Waals surface area contributed by atoms with Crippen molar-refractivity contribution in [2.45, 2.75) is 38.8 Å². The monoisotopic (exact) mass is 396 g/mol. The van der Waals surface area contributed by atoms with Crippen LogP contribution in [-0.4, -0.2) is 50.6 Å². The number of nitrogens with zero attached hydrogens (tertiary/aromatic N) is 5. The highest BCUT2D eigenvalue weighted by atomic mass is 16.7. The van der Waals surface area contributed by atoms with Gasteiger partial charge in [0.1, 0.15) is 6.33 Å². The molecule has 0 spiro atoms. The van der Waals surface area contributed by atoms with Gasteiger partial charge in [-0.15, -0.1) is 0 Å². The fourth-order valence-electron chi connectivity index (χ4n) is 4.07. The summed E-state index contributed by atoms with van der Waals surface area (Å²) in [5.41, 5.74) is 2.32. The van der Waals surface area contributed by atoms with Gasteiger partial charge in [0.2, 0.25) is 12.7 Å². The molecular weight excluding hydrogens is 372 g/mol. The van der Waals surface area contributed by atoms with Crippen LogP contribution in [-0.2, 0) is 0 Å². The average Bonchev–Trinajstić information content (AvgIpc) is 3.44. The van der Waals surface area contributed by atoms with Crippen LogP contribution >= 0.6 is 0 Å². The van der Waals surface area contributed by atoms with Crippen molar-refractivity contribution in [2.24, 2.45) is 0 Å². The van der Waals surface area contributed by atoms with Crippen LogP contribution in [0.15, 0.2) is 24.5 Å². The molecule has 2 aliphatic heterocycles. The molecule has 9 heteroatoms. The van der Waals surface area contributed by atoms with Crippen molar-refractivity contribution in [3.8, 4) is 11.5 Å². The predicted octanol–water partition coefficient (Wildman–Crippen LogP) is 2.84. The van der Waals surface area contributed by atoms with E-state index in [2.05, 4.69) is 38.6 Å². The van der Waals surface area contributed by atoms with Crippen LogP contribution in [0.2, 0.25) is 0 Å². The largest absolute Gasteiger partial charge is 0.454 e. The van der Waals surface area contributed by atoms with E-state index in [-0.39, 0.29) is 25.5 Å². The maximum atomic E-state index is 9.79. The van der Waals surface area contributed by atoms with Gasteiger partial charge >= 0.3 is 0 Å². The van der Waals surface area contributed by atoms with Crippen LogP contribution in [0.5, 0.6) is 11.5 Å². The maximum Gasteiger partial charge on any atom is 0.231 e. The smallest absolute Gasteiger partial charge is 0.231 e. The van der Waals surface area contributed by atoms with Crippen molar-refractivity contribution in [3.63, 3.8) is 0 Å². The summed E-state index contributed by atoms with van der Waals surface area (Å²) in [4.78, 5) is 16.1. The molecular formula is C20H24N6O3. The molecule has 152 valence electrons. The minimum atomic E-state index is 0.0857. The summed E-state index contributed by atoms with van der Waals surface area (Å²) in [7, 11) is 0. The number of anilines is 3. The van der Waals surface area contributed by atoms with Crippen molar-refractivity contribution >= 4 is 28.6 Å². The first kappa shape index (κ1) is 18.0. The Hall–Kier alpha value is -3.07. The van der Waals surface area contributed by atoms with Crippen LogP contribution < -0.4 is 19.7 Å². The van der Waals surface area contributed by atoms with E-state index < -0.39 is 0 Å². The molecule has 0 bridgehead atoms. The molecule has 0 aliphatic carbocycles. The zero-order valence-electron chi connectivity index (χ0n) is 16.5. The number of nitrogens with one attached hydrogen (secondary N) is 1. The Morgan fingerprint density at radius 1 is 1.24 bits per heavy atom. The topological polar surface area (TPSA) is 97.6 Å². The van der Waals surface area contributed by atoms with Gasteiger partial charge in [0.05, 0.1) is 12.6 Å². The van der Waals surface area contributed by atoms with Crippen molar-refractivity contribution in [1.82, 2.24) is 19.5 Å². The molecule has 0 radical (unpaired) electrons. The first-order valence-corrected chi connectivity index (χ1v) is 9.93. The number of aliphatic hydroxyl groups is 1. The van der Waals surface area contributed by atoms with Crippen molar-refractivity contribution in [3.05, 3.63) is 24.5 Å². The number of ether oxygens (including phenoxy) is 2. The van der Waals surface area contributed by atoms with E-state index in [0.29, 0.717) is 17.1 Å². The molecule has 3 aromatic rings. The highest BCUT2D eigenvalue weighted by Crippen LogP contribution is 2.37. The summed E-state index contributed by atoms with van der Waals surface area (Å²) >= 11 is 0. The summed E-state index contributed by atoms with van der Waals surface area (Å²) in [6.45, 7) is 5.46. The van der Waals surface area contributed by atoms with E-state index in [4.69, 9.17) is 14.5 Å². The summed E-state index contributed by atoms with van der Waals surface area (Å²) < 4.78 is 13.0. The Morgan fingerprint density at radius 3 is 2.93 bits per heavy atom. The molecule has 29 heavy (non-hydrogen) atoms. The molecule has 1 saturated heterocycles. The fourth-order valence-corrected chi connectivity index (χ4v) is 4.07. The molecule has 5 rings (SSSR count). The van der Waals surface area contributed by atoms with Crippen LogP contribution in [0.3, 0.4) is 0 Å². The minimum absolute atomic E-state index is 0.0857. The van der Waals surface area contributed by atoms with Gasteiger partial charge in [0.25, 0.3) is 0 Å². The quantitative estimate of drug-likeness (QED) is 0.679. The molecule has 2 aliphatic rings. The molecule has 0 amide bonds. The van der Waals surface area contributed by atoms with Crippen LogP contribution in [0.4, 0.5) is 17.5 Å². The fraction of sp³-hybridized carbons (Fsp3) is 0.450. The average molecular weight is 396 g/mol. The van der Waals surface area contributed by atoms with E-state index in [1.807, 2.05) is 18.2 Å². The number of aliphatic hydroxyl groups excluding tert-OH is 1. The zero-order valence-corrected chi connectivity index (χ0v) is 16.5. The number of aromatic nitrogens is 4. The second-order valence-electron chi connectivity index (χ2n) is 7.64. The Kier molecular flexibility index (Phi) is 4.39. The SMILES string of the molecule is CC(C)n1c(N2CCCC2CO)nc2c(Nc3ccc4c(c3)OCO4)ncnc21. The summed E-state index contributed by atoms with van der Waals surface area (Å²) in [5, 5.41) is 13.1. The van der Waals surface area contributed by atoms with Gasteiger partial charge in [0.15, 0.2) is 28.5 Å². The van der Waals surface area contributed by atoms with E-state index in [1.54, 1.807) is 6.33 Å². The number of hydrogen-bond donors (Lipinski definition) is 2. The highest BCUT2D eigenvalue weighted by Gasteiger charge is 2.30. The van der Waals surface area contributed by atoms with Gasteiger partial charge in [0, 0.05) is 24.3 Å². The molecule has 2 aromatic heterocycles. The van der Waals surface area contributed by atoms with Crippen LogP contribution in [0, 0.1) is 0 Å². The third-order valence-electron chi connectivity index (χ3n) is 5.45. The number of imidazole rings is 1. The van der Waals surface area contributed by atoms with Gasteiger partial charge in [-0.3, -0.25) is 4.57 Å². The first-order valence-electron chi connectivity index (χ1n) is 9.93. The molecule has 1 aromatic carbocycles. The Labute approximate surface area is 168 Å². The molecule has 2 N–H and O–H groups in total. The molecule has 1 atom stereocenters. The van der Waals surface area contributed by atoms with Gasteiger partial charge in [-0.1, -0.05) is 0 Å². The molecule has 0 saturated carbocycles. The van der Waals surface area contributed by atoms with Gasteiger partial charge < -0.3 is 24.8 Å². The lowest BCUT2D eigenvalue weighted by atomic mass is 10.2. The first-order chi connectivity index (χ1) is 14.2. The lowest BCUT2D eigenvalue weighted by Gasteiger charge is -2.26. The Balaban J connectivity index is 1.58. The highest BCUT2D eigenvalue weighted by molar-refractivity contribution is 5.87. The van der Waals surface area contributed by atoms with E-state index >= 15 is 0 Å². The van der Waals surface area contributed by atoms with Crippen molar-refractivity contribution < 1.29 is 14.6 Å². The number of rotatable bonds is 5. The number of benzene rings is 1. The number of hydrogen-bond acceptors (Lipinski definition) is 8. The van der Waals surface area contributed by atoms with Crippen molar-refractivity contribution in [2.75, 3.05) is 30.2 Å². The summed E-state index contributed by atoms with van der Waals surface area (Å²) in [6, 6.07) is 5.94. The maximum absolute atomic E-state index is 9.79. The standard InChI is InChI=1S/C20H24N6O3/c1-12(2)26-19-17(24-20(26)25-7-3-4-14(25)9-27)18(21-10-22-19)23-13-5-6-15-16(8-13)29-11-28-15/h5-6,8,10,12,14,27H,3-4,7,9,11H2,1-2H3,(H,21,22,23). The second kappa shape index (κ2) is 7.07. The summed E-state index contributed by atoms with van der Waals surface area (Å²) in [5.74, 6) is 2.91. The van der Waals surface area contributed by atoms with Crippen molar-refractivity contribution in [1.29, 1.82) is 0 Å². The molecule has 1 fully saturated rings. The van der Waals surface area contributed by atoms with Crippen LogP contribution in [0.25, 0.3) is 11.2 Å². The molecule has 1 unspecified atom stereocenters. The Morgan fingerprint density at radius 2 is 2.10 bits per heavy atom. The third kappa shape index (κ3) is 3.02. The molecule has 4 heterocycles. The lowest BCUT2D eigenvalue weighted by Crippen LogP contribution is -2.34. The van der Waals surface area contributed by atoms with E-state index in [0.717, 1.165) is 42.4 Å². The normalized spacial score (nSPS) is 18.2. The summed E-state index contributed by atoms with van der Waals surface area (Å²) in [6.07, 6.45) is 3.56. The van der Waals surface area contributed by atoms with Gasteiger partial charge in [-0.05, 0) is 38.8 Å². The molecule has 9 nitrogen and oxygen atoms in total. The third-order valence-corrected chi connectivity index (χ3v) is 5.45. The minimum Gasteiger partial charge on any atom is -0.454 e. The Bertz CT molecular complexity index is 1050.